The Labute approximate surface area is 126 Å². The highest BCUT2D eigenvalue weighted by molar-refractivity contribution is 9.10. The van der Waals surface area contributed by atoms with Gasteiger partial charge in [-0.3, -0.25) is 0 Å². The quantitative estimate of drug-likeness (QED) is 0.330. The molecule has 0 aromatic heterocycles. The van der Waals surface area contributed by atoms with Gasteiger partial charge in [0, 0.05) is 18.7 Å². The third-order valence-electron chi connectivity index (χ3n) is 2.75. The third-order valence-corrected chi connectivity index (χ3v) is 3.52. The van der Waals surface area contributed by atoms with Crippen LogP contribution in [0.2, 0.25) is 0 Å². The summed E-state index contributed by atoms with van der Waals surface area (Å²) in [6, 6.07) is 3.10. The van der Waals surface area contributed by atoms with Crippen molar-refractivity contribution in [2.45, 2.75) is 26.4 Å². The van der Waals surface area contributed by atoms with Crippen molar-refractivity contribution in [2.75, 3.05) is 18.0 Å². The van der Waals surface area contributed by atoms with Gasteiger partial charge in [-0.2, -0.15) is 0 Å². The molecule has 20 heavy (non-hydrogen) atoms. The van der Waals surface area contributed by atoms with Crippen molar-refractivity contribution in [2.24, 2.45) is 10.9 Å². The average Bonchev–Trinajstić information content (AvgIpc) is 2.37. The maximum atomic E-state index is 14.4. The monoisotopic (exact) mass is 347 g/mol. The lowest BCUT2D eigenvalue weighted by atomic mass is 10.1. The number of likely N-dealkylation sites (N-methyl/N-ethyl adjacent to an activating group) is 1. The Kier molecular flexibility index (Phi) is 5.35. The van der Waals surface area contributed by atoms with Crippen LogP contribution in [0.25, 0.3) is 0 Å². The second-order valence-corrected chi connectivity index (χ2v) is 5.87. The van der Waals surface area contributed by atoms with Gasteiger partial charge in [-0.15, -0.1) is 0 Å². The molecule has 0 saturated carbocycles. The smallest absolute Gasteiger partial charge is 0.171 e. The number of nitrogens with zero attached hydrogens (tertiary/aromatic N) is 2. The van der Waals surface area contributed by atoms with Gasteiger partial charge in [0.1, 0.15) is 0 Å². The summed E-state index contributed by atoms with van der Waals surface area (Å²) in [6.07, 6.45) is 0. The van der Waals surface area contributed by atoms with Gasteiger partial charge >= 0.3 is 0 Å². The van der Waals surface area contributed by atoms with Gasteiger partial charge in [0.25, 0.3) is 0 Å². The first-order chi connectivity index (χ1) is 9.21. The number of nitrogens with two attached hydrogens (primary N) is 1. The largest absolute Gasteiger partial charge is 0.409 e. The fraction of sp³-hybridized carbons (Fsp3) is 0.462. The lowest BCUT2D eigenvalue weighted by Crippen LogP contribution is -2.39. The van der Waals surface area contributed by atoms with Crippen LogP contribution in [0, 0.1) is 5.82 Å². The maximum Gasteiger partial charge on any atom is 0.171 e. The van der Waals surface area contributed by atoms with Crippen molar-refractivity contribution in [3.63, 3.8) is 0 Å². The van der Waals surface area contributed by atoms with Gasteiger partial charge in [0.15, 0.2) is 11.7 Å². The van der Waals surface area contributed by atoms with E-state index in [1.807, 2.05) is 6.92 Å². The molecule has 112 valence electrons. The predicted octanol–water partition coefficient (Wildman–Crippen LogP) is 2.28. The van der Waals surface area contributed by atoms with Crippen molar-refractivity contribution < 1.29 is 14.7 Å². The number of anilines is 1. The van der Waals surface area contributed by atoms with E-state index in [1.54, 1.807) is 30.9 Å². The number of amidine groups is 1. The van der Waals surface area contributed by atoms with Crippen LogP contribution in [-0.4, -0.2) is 34.8 Å². The van der Waals surface area contributed by atoms with Crippen LogP contribution in [-0.2, 0) is 0 Å². The molecule has 1 aromatic carbocycles. The number of aliphatic hydroxyl groups is 1. The van der Waals surface area contributed by atoms with Gasteiger partial charge in [-0.05, 0) is 48.8 Å². The summed E-state index contributed by atoms with van der Waals surface area (Å²) in [6.45, 7) is 6.02. The first-order valence-corrected chi connectivity index (χ1v) is 6.93. The summed E-state index contributed by atoms with van der Waals surface area (Å²) in [7, 11) is 0. The third kappa shape index (κ3) is 3.83. The van der Waals surface area contributed by atoms with E-state index in [0.717, 1.165) is 0 Å². The first-order valence-electron chi connectivity index (χ1n) is 6.14. The van der Waals surface area contributed by atoms with E-state index in [2.05, 4.69) is 21.1 Å². The van der Waals surface area contributed by atoms with Gasteiger partial charge in [0.2, 0.25) is 0 Å². The van der Waals surface area contributed by atoms with Crippen molar-refractivity contribution in [1.82, 2.24) is 0 Å². The number of halogens is 2. The average molecular weight is 348 g/mol. The molecule has 0 heterocycles. The van der Waals surface area contributed by atoms with E-state index in [-0.39, 0.29) is 22.4 Å². The van der Waals surface area contributed by atoms with Crippen LogP contribution in [0.4, 0.5) is 10.1 Å². The standard InChI is InChI=1S/C13H19BrFN3O2/c1-4-18(7-13(2,3)19)9-6-5-8(12(16)17-20)10(14)11(9)15/h5-6,19-20H,4,7H2,1-3H3,(H2,16,17). The highest BCUT2D eigenvalue weighted by atomic mass is 79.9. The Morgan fingerprint density at radius 1 is 1.50 bits per heavy atom. The molecule has 0 radical (unpaired) electrons. The number of rotatable bonds is 5. The summed E-state index contributed by atoms with van der Waals surface area (Å²) in [4.78, 5) is 1.72. The topological polar surface area (TPSA) is 82.1 Å². The van der Waals surface area contributed by atoms with E-state index in [4.69, 9.17) is 10.9 Å². The fourth-order valence-corrected chi connectivity index (χ4v) is 2.41. The molecule has 1 rings (SSSR count). The molecule has 0 aliphatic rings. The number of hydrogen-bond donors (Lipinski definition) is 3. The number of benzene rings is 1. The molecule has 0 fully saturated rings. The van der Waals surface area contributed by atoms with Crippen molar-refractivity contribution >= 4 is 27.5 Å². The molecular weight excluding hydrogens is 329 g/mol. The van der Waals surface area contributed by atoms with Crippen LogP contribution in [0.15, 0.2) is 21.8 Å². The highest BCUT2D eigenvalue weighted by Gasteiger charge is 2.22. The minimum Gasteiger partial charge on any atom is -0.409 e. The minimum atomic E-state index is -0.945. The van der Waals surface area contributed by atoms with Crippen molar-refractivity contribution in [3.8, 4) is 0 Å². The zero-order chi connectivity index (χ0) is 15.5. The fourth-order valence-electron chi connectivity index (χ4n) is 1.87. The zero-order valence-corrected chi connectivity index (χ0v) is 13.3. The molecule has 0 amide bonds. The van der Waals surface area contributed by atoms with Crippen LogP contribution < -0.4 is 10.6 Å². The van der Waals surface area contributed by atoms with Crippen LogP contribution >= 0.6 is 15.9 Å². The second-order valence-electron chi connectivity index (χ2n) is 5.07. The molecule has 7 heteroatoms. The molecule has 0 bridgehead atoms. The SMILES string of the molecule is CCN(CC(C)(C)O)c1ccc(/C(N)=N/O)c(Br)c1F. The van der Waals surface area contributed by atoms with E-state index in [9.17, 15) is 9.50 Å². The number of oxime groups is 1. The minimum absolute atomic E-state index is 0.125. The lowest BCUT2D eigenvalue weighted by Gasteiger charge is -2.30. The molecular formula is C13H19BrFN3O2. The van der Waals surface area contributed by atoms with Gasteiger partial charge < -0.3 is 20.9 Å². The van der Waals surface area contributed by atoms with E-state index in [1.165, 1.54) is 0 Å². The van der Waals surface area contributed by atoms with Crippen LogP contribution in [0.3, 0.4) is 0 Å². The summed E-state index contributed by atoms with van der Waals surface area (Å²) in [5.41, 5.74) is 5.14. The Hall–Kier alpha value is -1.34. The van der Waals surface area contributed by atoms with Crippen LogP contribution in [0.5, 0.6) is 0 Å². The van der Waals surface area contributed by atoms with Crippen molar-refractivity contribution in [3.05, 3.63) is 28.0 Å². The molecule has 0 saturated heterocycles. The lowest BCUT2D eigenvalue weighted by molar-refractivity contribution is 0.0874. The van der Waals surface area contributed by atoms with Crippen molar-refractivity contribution in [1.29, 1.82) is 0 Å². The molecule has 1 aromatic rings. The van der Waals surface area contributed by atoms with E-state index in [0.29, 0.717) is 12.2 Å². The Bertz CT molecular complexity index is 515. The molecule has 4 N–H and O–H groups in total. The van der Waals surface area contributed by atoms with E-state index < -0.39 is 11.4 Å². The Morgan fingerprint density at radius 3 is 2.55 bits per heavy atom. The second kappa shape index (κ2) is 6.41. The Balaban J connectivity index is 3.23. The summed E-state index contributed by atoms with van der Waals surface area (Å²) < 4.78 is 14.5. The molecule has 0 atom stereocenters. The summed E-state index contributed by atoms with van der Waals surface area (Å²) >= 11 is 3.11. The highest BCUT2D eigenvalue weighted by Crippen LogP contribution is 2.30. The van der Waals surface area contributed by atoms with Gasteiger partial charge in [-0.25, -0.2) is 4.39 Å². The summed E-state index contributed by atoms with van der Waals surface area (Å²) in [5, 5.41) is 21.4. The summed E-state index contributed by atoms with van der Waals surface area (Å²) in [5.74, 6) is -0.687. The van der Waals surface area contributed by atoms with Crippen LogP contribution in [0.1, 0.15) is 26.3 Å². The molecule has 5 nitrogen and oxygen atoms in total. The maximum absolute atomic E-state index is 14.4. The van der Waals surface area contributed by atoms with Gasteiger partial charge in [-0.1, -0.05) is 5.16 Å². The molecule has 0 spiro atoms. The Morgan fingerprint density at radius 2 is 2.10 bits per heavy atom. The normalized spacial score (nSPS) is 12.6. The predicted molar refractivity (Wildman–Crippen MR) is 80.8 cm³/mol. The molecule has 0 aliphatic carbocycles. The first kappa shape index (κ1) is 16.7. The molecule has 0 unspecified atom stereocenters. The zero-order valence-electron chi connectivity index (χ0n) is 11.7. The van der Waals surface area contributed by atoms with Gasteiger partial charge in [0.05, 0.1) is 15.8 Å². The molecule has 0 aliphatic heterocycles. The van der Waals surface area contributed by atoms with E-state index >= 15 is 0 Å². The number of hydrogen-bond acceptors (Lipinski definition) is 4.